The van der Waals surface area contributed by atoms with Crippen LogP contribution in [0.2, 0.25) is 0 Å². The Kier molecular flexibility index (Phi) is 6.26. The number of carbonyl (C=O) groups is 3. The van der Waals surface area contributed by atoms with Gasteiger partial charge in [0.2, 0.25) is 5.91 Å². The lowest BCUT2D eigenvalue weighted by Crippen LogP contribution is -2.51. The Balaban J connectivity index is 4.19. The van der Waals surface area contributed by atoms with Crippen molar-refractivity contribution in [2.24, 2.45) is 0 Å². The summed E-state index contributed by atoms with van der Waals surface area (Å²) in [5.41, 5.74) is -1.54. The Morgan fingerprint density at radius 2 is 1.84 bits per heavy atom. The molecule has 2 unspecified atom stereocenters. The summed E-state index contributed by atoms with van der Waals surface area (Å²) in [5, 5.41) is 22.9. The van der Waals surface area contributed by atoms with Crippen molar-refractivity contribution in [1.82, 2.24) is 15.5 Å². The van der Waals surface area contributed by atoms with Gasteiger partial charge in [0.25, 0.3) is 0 Å². The molecular weight excluding hydrogens is 254 g/mol. The van der Waals surface area contributed by atoms with Gasteiger partial charge in [-0.15, -0.1) is 0 Å². The van der Waals surface area contributed by atoms with E-state index in [-0.39, 0.29) is 12.5 Å². The van der Waals surface area contributed by atoms with E-state index >= 15 is 0 Å². The molecule has 0 aromatic carbocycles. The molecule has 0 saturated carbocycles. The summed E-state index contributed by atoms with van der Waals surface area (Å²) in [6.45, 7) is 2.60. The van der Waals surface area contributed by atoms with Gasteiger partial charge in [-0.05, 0) is 13.8 Å². The maximum absolute atomic E-state index is 11.5. The molecular formula is C11H21N3O5. The molecule has 0 aromatic rings. The van der Waals surface area contributed by atoms with E-state index in [0.717, 1.165) is 0 Å². The van der Waals surface area contributed by atoms with E-state index in [2.05, 4.69) is 10.6 Å². The fourth-order valence-electron chi connectivity index (χ4n) is 1.36. The van der Waals surface area contributed by atoms with Gasteiger partial charge in [0.05, 0.1) is 12.0 Å². The second kappa shape index (κ2) is 6.93. The first-order chi connectivity index (χ1) is 8.55. The number of hydrogen-bond acceptors (Lipinski definition) is 4. The van der Waals surface area contributed by atoms with Gasteiger partial charge < -0.3 is 25.7 Å². The van der Waals surface area contributed by atoms with Gasteiger partial charge in [-0.3, -0.25) is 9.59 Å². The second-order valence-electron chi connectivity index (χ2n) is 4.85. The van der Waals surface area contributed by atoms with Crippen LogP contribution in [0.25, 0.3) is 0 Å². The zero-order valence-corrected chi connectivity index (χ0v) is 11.6. The van der Waals surface area contributed by atoms with Crippen molar-refractivity contribution >= 4 is 17.9 Å². The van der Waals surface area contributed by atoms with Crippen LogP contribution in [0, 0.1) is 0 Å². The van der Waals surface area contributed by atoms with E-state index in [0.29, 0.717) is 0 Å². The molecule has 0 bridgehead atoms. The Morgan fingerprint density at radius 3 is 2.26 bits per heavy atom. The summed E-state index contributed by atoms with van der Waals surface area (Å²) >= 11 is 0. The summed E-state index contributed by atoms with van der Waals surface area (Å²) in [6.07, 6.45) is -0.487. The number of aliphatic hydroxyl groups is 1. The molecule has 0 fully saturated rings. The van der Waals surface area contributed by atoms with Gasteiger partial charge >= 0.3 is 12.0 Å². The number of urea groups is 1. The Hall–Kier alpha value is -1.83. The van der Waals surface area contributed by atoms with E-state index in [4.69, 9.17) is 5.11 Å². The third-order valence-electron chi connectivity index (χ3n) is 2.32. The van der Waals surface area contributed by atoms with Crippen molar-refractivity contribution in [3.05, 3.63) is 0 Å². The molecule has 8 nitrogen and oxygen atoms in total. The molecule has 0 rings (SSSR count). The molecule has 0 aliphatic heterocycles. The Labute approximate surface area is 111 Å². The minimum atomic E-state index is -1.54. The fourth-order valence-corrected chi connectivity index (χ4v) is 1.36. The number of hydrogen-bond donors (Lipinski definition) is 4. The molecule has 19 heavy (non-hydrogen) atoms. The monoisotopic (exact) mass is 275 g/mol. The summed E-state index contributed by atoms with van der Waals surface area (Å²) in [6, 6.07) is -1.35. The SMILES string of the molecule is CC(NC(=O)NCC(C)(O)CC(=O)O)C(=O)N(C)C. The molecule has 0 aromatic heterocycles. The normalized spacial score (nSPS) is 15.0. The number of amides is 3. The van der Waals surface area contributed by atoms with Crippen molar-refractivity contribution in [1.29, 1.82) is 0 Å². The average Bonchev–Trinajstić information content (AvgIpc) is 2.23. The molecule has 4 N–H and O–H groups in total. The largest absolute Gasteiger partial charge is 0.481 e. The van der Waals surface area contributed by atoms with Crippen LogP contribution in [0.5, 0.6) is 0 Å². The van der Waals surface area contributed by atoms with Crippen LogP contribution in [0.1, 0.15) is 20.3 Å². The van der Waals surface area contributed by atoms with Crippen LogP contribution in [-0.4, -0.2) is 65.3 Å². The van der Waals surface area contributed by atoms with Gasteiger partial charge in [0.1, 0.15) is 6.04 Å². The van der Waals surface area contributed by atoms with Crippen LogP contribution in [0.3, 0.4) is 0 Å². The molecule has 0 saturated heterocycles. The zero-order valence-electron chi connectivity index (χ0n) is 11.6. The minimum absolute atomic E-state index is 0.228. The van der Waals surface area contributed by atoms with Crippen molar-refractivity contribution < 1.29 is 24.6 Å². The molecule has 0 radical (unpaired) electrons. The van der Waals surface area contributed by atoms with Gasteiger partial charge in [-0.25, -0.2) is 4.79 Å². The fraction of sp³-hybridized carbons (Fsp3) is 0.727. The lowest BCUT2D eigenvalue weighted by atomic mass is 10.0. The smallest absolute Gasteiger partial charge is 0.315 e. The minimum Gasteiger partial charge on any atom is -0.481 e. The van der Waals surface area contributed by atoms with E-state index in [1.165, 1.54) is 18.7 Å². The first-order valence-corrected chi connectivity index (χ1v) is 5.75. The Morgan fingerprint density at radius 1 is 1.32 bits per heavy atom. The van der Waals surface area contributed by atoms with Crippen molar-refractivity contribution in [3.8, 4) is 0 Å². The van der Waals surface area contributed by atoms with E-state index in [9.17, 15) is 19.5 Å². The van der Waals surface area contributed by atoms with Crippen LogP contribution < -0.4 is 10.6 Å². The van der Waals surface area contributed by atoms with Gasteiger partial charge in [0, 0.05) is 20.6 Å². The highest BCUT2D eigenvalue weighted by molar-refractivity contribution is 5.86. The van der Waals surface area contributed by atoms with Gasteiger partial charge in [0.15, 0.2) is 0 Å². The number of carbonyl (C=O) groups excluding carboxylic acids is 2. The predicted octanol–water partition coefficient (Wildman–Crippen LogP) is -1.01. The maximum atomic E-state index is 11.5. The molecule has 2 atom stereocenters. The number of likely N-dealkylation sites (N-methyl/N-ethyl adjacent to an activating group) is 1. The topological polar surface area (TPSA) is 119 Å². The van der Waals surface area contributed by atoms with Crippen molar-refractivity contribution in [2.75, 3.05) is 20.6 Å². The summed E-state index contributed by atoms with van der Waals surface area (Å²) < 4.78 is 0. The third-order valence-corrected chi connectivity index (χ3v) is 2.32. The average molecular weight is 275 g/mol. The van der Waals surface area contributed by atoms with Crippen molar-refractivity contribution in [3.63, 3.8) is 0 Å². The number of rotatable bonds is 6. The highest BCUT2D eigenvalue weighted by Crippen LogP contribution is 2.07. The molecule has 0 spiro atoms. The lowest BCUT2D eigenvalue weighted by Gasteiger charge is -2.23. The highest BCUT2D eigenvalue weighted by Gasteiger charge is 2.25. The number of nitrogens with one attached hydrogen (secondary N) is 2. The van der Waals surface area contributed by atoms with E-state index in [1.807, 2.05) is 0 Å². The van der Waals surface area contributed by atoms with E-state index in [1.54, 1.807) is 14.1 Å². The second-order valence-corrected chi connectivity index (χ2v) is 4.85. The number of carboxylic acids is 1. The third kappa shape index (κ3) is 7.24. The molecule has 110 valence electrons. The van der Waals surface area contributed by atoms with Gasteiger partial charge in [-0.2, -0.15) is 0 Å². The van der Waals surface area contributed by atoms with Crippen LogP contribution >= 0.6 is 0 Å². The lowest BCUT2D eigenvalue weighted by molar-refractivity contribution is -0.141. The summed E-state index contributed by atoms with van der Waals surface area (Å²) in [4.78, 5) is 34.7. The zero-order chi connectivity index (χ0) is 15.2. The van der Waals surface area contributed by atoms with E-state index < -0.39 is 30.1 Å². The summed E-state index contributed by atoms with van der Waals surface area (Å²) in [5.74, 6) is -1.43. The first kappa shape index (κ1) is 17.2. The standard InChI is InChI=1S/C11H21N3O5/c1-7(9(17)14(3)4)13-10(18)12-6-11(2,19)5-8(15)16/h7,19H,5-6H2,1-4H3,(H,15,16)(H2,12,13,18). The quantitative estimate of drug-likeness (QED) is 0.495. The maximum Gasteiger partial charge on any atom is 0.315 e. The van der Waals surface area contributed by atoms with Crippen molar-refractivity contribution in [2.45, 2.75) is 31.9 Å². The number of carboxylic acid groups (broad SMARTS) is 1. The molecule has 0 aliphatic carbocycles. The van der Waals surface area contributed by atoms with Crippen LogP contribution in [-0.2, 0) is 9.59 Å². The number of aliphatic carboxylic acids is 1. The molecule has 0 aliphatic rings. The number of nitrogens with zero attached hydrogens (tertiary/aromatic N) is 1. The van der Waals surface area contributed by atoms with Crippen LogP contribution in [0.15, 0.2) is 0 Å². The molecule has 0 heterocycles. The summed E-state index contributed by atoms with van der Waals surface area (Å²) in [7, 11) is 3.13. The molecule has 8 heteroatoms. The first-order valence-electron chi connectivity index (χ1n) is 5.75. The van der Waals surface area contributed by atoms with Crippen LogP contribution in [0.4, 0.5) is 4.79 Å². The highest BCUT2D eigenvalue weighted by atomic mass is 16.4. The van der Waals surface area contributed by atoms with Gasteiger partial charge in [-0.1, -0.05) is 0 Å². The molecule has 3 amide bonds. The predicted molar refractivity (Wildman–Crippen MR) is 67.6 cm³/mol. The Bertz CT molecular complexity index is 354.